The first-order valence-electron chi connectivity index (χ1n) is 16.4. The Morgan fingerprint density at radius 2 is 0.641 bits per heavy atom. The molecule has 0 bridgehead atoms. The second kappa shape index (κ2) is 20.0. The van der Waals surface area contributed by atoms with Gasteiger partial charge in [-0.1, -0.05) is 32.6 Å². The molecule has 0 radical (unpaired) electrons. The van der Waals surface area contributed by atoms with Gasteiger partial charge in [-0.2, -0.15) is 0 Å². The zero-order valence-electron chi connectivity index (χ0n) is 25.1. The number of hydrogen-bond donors (Lipinski definition) is 0. The van der Waals surface area contributed by atoms with Gasteiger partial charge in [-0.15, -0.1) is 0 Å². The Hall–Kier alpha value is -1.91. The van der Waals surface area contributed by atoms with Gasteiger partial charge in [0.25, 0.3) is 0 Å². The fourth-order valence-electron chi connectivity index (χ4n) is 6.41. The van der Waals surface area contributed by atoms with E-state index in [0.29, 0.717) is 0 Å². The van der Waals surface area contributed by atoms with E-state index in [1.165, 1.54) is 138 Å². The van der Waals surface area contributed by atoms with E-state index in [9.17, 15) is 0 Å². The number of rotatable bonds is 22. The van der Waals surface area contributed by atoms with E-state index < -0.39 is 7.26 Å². The maximum atomic E-state index is 2.37. The van der Waals surface area contributed by atoms with E-state index in [4.69, 9.17) is 0 Å². The minimum atomic E-state index is -1.62. The number of hydrogen-bond acceptors (Lipinski definition) is 0. The average molecular weight is 545 g/mol. The van der Waals surface area contributed by atoms with Crippen molar-refractivity contribution in [2.75, 3.05) is 6.16 Å². The van der Waals surface area contributed by atoms with Crippen molar-refractivity contribution in [3.05, 3.63) is 108 Å². The molecule has 0 aliphatic carbocycles. The van der Waals surface area contributed by atoms with Crippen LogP contribution < -0.4 is 0 Å². The Kier molecular flexibility index (Phi) is 16.2. The van der Waals surface area contributed by atoms with E-state index in [2.05, 4.69) is 97.9 Å². The maximum absolute atomic E-state index is 2.37. The molecule has 3 aromatic rings. The molecule has 1 heteroatoms. The topological polar surface area (TPSA) is 0 Å². The van der Waals surface area contributed by atoms with Gasteiger partial charge < -0.3 is 0 Å². The summed E-state index contributed by atoms with van der Waals surface area (Å²) >= 11 is 0. The van der Waals surface area contributed by atoms with Crippen molar-refractivity contribution in [3.63, 3.8) is 0 Å². The SMILES string of the molecule is CCCCCCCCCCCCCCCCC[PH](Cc1ccccc1)(Cc1ccccc1)Cc1ccccc1. The zero-order valence-corrected chi connectivity index (χ0v) is 26.1. The number of unbranched alkanes of at least 4 members (excludes halogenated alkanes) is 14. The molecule has 3 rings (SSSR count). The van der Waals surface area contributed by atoms with Crippen molar-refractivity contribution in [2.24, 2.45) is 0 Å². The summed E-state index contributed by atoms with van der Waals surface area (Å²) in [5, 5.41) is 0. The first kappa shape index (κ1) is 31.6. The van der Waals surface area contributed by atoms with Crippen LogP contribution in [0.4, 0.5) is 0 Å². The summed E-state index contributed by atoms with van der Waals surface area (Å²) in [4.78, 5) is 0. The summed E-state index contributed by atoms with van der Waals surface area (Å²) < 4.78 is 0. The molecular weight excluding hydrogens is 487 g/mol. The monoisotopic (exact) mass is 544 g/mol. The Balaban J connectivity index is 1.45. The van der Waals surface area contributed by atoms with Gasteiger partial charge in [-0.3, -0.25) is 0 Å². The van der Waals surface area contributed by atoms with Crippen molar-refractivity contribution < 1.29 is 0 Å². The van der Waals surface area contributed by atoms with Crippen molar-refractivity contribution >= 4 is 7.26 Å². The molecule has 214 valence electrons. The first-order valence-corrected chi connectivity index (χ1v) is 19.2. The summed E-state index contributed by atoms with van der Waals surface area (Å²) in [5.74, 6) is 0. The molecule has 0 spiro atoms. The van der Waals surface area contributed by atoms with Crippen molar-refractivity contribution in [2.45, 2.75) is 122 Å². The molecule has 0 nitrogen and oxygen atoms in total. The van der Waals surface area contributed by atoms with Crippen molar-refractivity contribution in [1.82, 2.24) is 0 Å². The molecule has 0 amide bonds. The van der Waals surface area contributed by atoms with Crippen molar-refractivity contribution in [3.8, 4) is 0 Å². The standard InChI is InChI=1S/C38H57P/c1-2-3-4-5-6-7-8-9-10-11-12-13-14-15-25-32-39(33-36-26-19-16-20-27-36,34-37-28-21-17-22-29-37)35-38-30-23-18-24-31-38/h16-24,26-31,39H,2-15,25,32-35H2,1H3. The summed E-state index contributed by atoms with van der Waals surface area (Å²) in [6.07, 6.45) is 26.8. The van der Waals surface area contributed by atoms with Gasteiger partial charge in [0.05, 0.1) is 0 Å². The molecular formula is C38H57P. The average Bonchev–Trinajstić information content (AvgIpc) is 2.97. The quantitative estimate of drug-likeness (QED) is 0.0871. The number of benzene rings is 3. The zero-order chi connectivity index (χ0) is 27.3. The van der Waals surface area contributed by atoms with Crippen LogP contribution in [0.1, 0.15) is 120 Å². The predicted molar refractivity (Wildman–Crippen MR) is 179 cm³/mol. The van der Waals surface area contributed by atoms with Gasteiger partial charge in [-0.05, 0) is 0 Å². The molecule has 0 aromatic heterocycles. The molecule has 0 unspecified atom stereocenters. The summed E-state index contributed by atoms with van der Waals surface area (Å²) in [6.45, 7) is 2.30. The molecule has 3 aromatic carbocycles. The molecule has 0 heterocycles. The molecule has 0 aliphatic heterocycles. The van der Waals surface area contributed by atoms with Crippen LogP contribution in [0.3, 0.4) is 0 Å². The van der Waals surface area contributed by atoms with E-state index >= 15 is 0 Å². The minimum absolute atomic E-state index is 1.29. The third kappa shape index (κ3) is 13.8. The van der Waals surface area contributed by atoms with Gasteiger partial charge in [0.15, 0.2) is 0 Å². The van der Waals surface area contributed by atoms with Gasteiger partial charge in [-0.25, -0.2) is 0 Å². The Bertz CT molecular complexity index is 848. The molecule has 0 N–H and O–H groups in total. The predicted octanol–water partition coefficient (Wildman–Crippen LogP) is 12.2. The van der Waals surface area contributed by atoms with Gasteiger partial charge >= 0.3 is 210 Å². The molecule has 0 atom stereocenters. The van der Waals surface area contributed by atoms with Crippen LogP contribution in [0, 0.1) is 0 Å². The van der Waals surface area contributed by atoms with Crippen molar-refractivity contribution in [1.29, 1.82) is 0 Å². The van der Waals surface area contributed by atoms with Crippen LogP contribution in [0.25, 0.3) is 0 Å². The van der Waals surface area contributed by atoms with Gasteiger partial charge in [0.1, 0.15) is 0 Å². The summed E-state index contributed by atoms with van der Waals surface area (Å²) in [5.41, 5.74) is 4.62. The third-order valence-corrected chi connectivity index (χ3v) is 13.5. The second-order valence-corrected chi connectivity index (χ2v) is 16.7. The van der Waals surface area contributed by atoms with Crippen LogP contribution in [0.5, 0.6) is 0 Å². The Morgan fingerprint density at radius 1 is 0.359 bits per heavy atom. The second-order valence-electron chi connectivity index (χ2n) is 12.2. The third-order valence-electron chi connectivity index (χ3n) is 8.58. The fourth-order valence-corrected chi connectivity index (χ4v) is 11.6. The van der Waals surface area contributed by atoms with E-state index in [0.717, 1.165) is 0 Å². The van der Waals surface area contributed by atoms with Crippen LogP contribution >= 0.6 is 7.26 Å². The van der Waals surface area contributed by atoms with Gasteiger partial charge in [0.2, 0.25) is 0 Å². The fraction of sp³-hybridized carbons (Fsp3) is 0.526. The van der Waals surface area contributed by atoms with E-state index in [1.54, 1.807) is 0 Å². The molecule has 39 heavy (non-hydrogen) atoms. The summed E-state index contributed by atoms with van der Waals surface area (Å²) in [7, 11) is -1.62. The van der Waals surface area contributed by atoms with Crippen LogP contribution in [-0.2, 0) is 18.5 Å². The van der Waals surface area contributed by atoms with Crippen LogP contribution in [0.2, 0.25) is 0 Å². The van der Waals surface area contributed by atoms with Crippen LogP contribution in [0.15, 0.2) is 91.0 Å². The Morgan fingerprint density at radius 3 is 0.949 bits per heavy atom. The first-order chi connectivity index (χ1) is 19.3. The molecule has 0 saturated heterocycles. The molecule has 0 saturated carbocycles. The van der Waals surface area contributed by atoms with Crippen LogP contribution in [-0.4, -0.2) is 6.16 Å². The van der Waals surface area contributed by atoms with E-state index in [1.807, 2.05) is 0 Å². The van der Waals surface area contributed by atoms with E-state index in [-0.39, 0.29) is 0 Å². The molecule has 0 fully saturated rings. The Labute approximate surface area is 242 Å². The molecule has 0 aliphatic rings. The normalized spacial score (nSPS) is 12.0. The summed E-state index contributed by atoms with van der Waals surface area (Å²) in [6, 6.07) is 34.1. The van der Waals surface area contributed by atoms with Gasteiger partial charge in [0, 0.05) is 0 Å².